The van der Waals surface area contributed by atoms with E-state index in [2.05, 4.69) is 10.3 Å². The van der Waals surface area contributed by atoms with Gasteiger partial charge in [-0.1, -0.05) is 19.1 Å². The van der Waals surface area contributed by atoms with Crippen LogP contribution in [-0.4, -0.2) is 10.9 Å². The van der Waals surface area contributed by atoms with Gasteiger partial charge in [0.15, 0.2) is 0 Å². The van der Waals surface area contributed by atoms with Gasteiger partial charge in [-0.05, 0) is 31.0 Å². The number of aromatic nitrogens is 1. The average molecular weight is 362 g/mol. The highest BCUT2D eigenvalue weighted by atomic mass is 35.5. The van der Waals surface area contributed by atoms with Crippen LogP contribution in [-0.2, 0) is 11.2 Å². The fourth-order valence-corrected chi connectivity index (χ4v) is 2.87. The van der Waals surface area contributed by atoms with Gasteiger partial charge in [0.1, 0.15) is 5.01 Å². The lowest BCUT2D eigenvalue weighted by Gasteiger charge is -2.14. The second kappa shape index (κ2) is 9.66. The molecule has 0 aliphatic rings. The quantitative estimate of drug-likeness (QED) is 0.797. The Morgan fingerprint density at radius 3 is 2.45 bits per heavy atom. The zero-order valence-corrected chi connectivity index (χ0v) is 15.0. The van der Waals surface area contributed by atoms with Crippen LogP contribution in [0.5, 0.6) is 0 Å². The van der Waals surface area contributed by atoms with E-state index in [9.17, 15) is 4.79 Å². The molecule has 0 fully saturated rings. The van der Waals surface area contributed by atoms with Crippen LogP contribution in [0.4, 0.5) is 5.69 Å². The molecule has 0 aliphatic carbocycles. The molecule has 1 amide bonds. The molecular formula is C15H21Cl2N3OS. The standard InChI is InChI=1S/C15H19N3OS.2ClH/c1-3-13(15-17-10(2)9-20-15)18-14(19)8-11-4-6-12(16)7-5-11;;/h4-7,9,13H,3,8,16H2,1-2H3,(H,18,19);2*1H. The van der Waals surface area contributed by atoms with Gasteiger partial charge in [-0.15, -0.1) is 36.2 Å². The maximum Gasteiger partial charge on any atom is 0.224 e. The van der Waals surface area contributed by atoms with Crippen molar-refractivity contribution < 1.29 is 4.79 Å². The molecule has 4 nitrogen and oxygen atoms in total. The molecule has 0 bridgehead atoms. The number of anilines is 1. The molecule has 1 aromatic carbocycles. The normalized spacial score (nSPS) is 11.0. The predicted octanol–water partition coefficient (Wildman–Crippen LogP) is 3.69. The van der Waals surface area contributed by atoms with Gasteiger partial charge in [-0.25, -0.2) is 4.98 Å². The summed E-state index contributed by atoms with van der Waals surface area (Å²) in [4.78, 5) is 16.5. The molecule has 0 saturated carbocycles. The number of nitrogens with two attached hydrogens (primary N) is 1. The maximum atomic E-state index is 12.1. The minimum absolute atomic E-state index is 0. The summed E-state index contributed by atoms with van der Waals surface area (Å²) in [5.41, 5.74) is 8.29. The minimum Gasteiger partial charge on any atom is -0.399 e. The number of nitrogen functional groups attached to an aromatic ring is 1. The van der Waals surface area contributed by atoms with Crippen molar-refractivity contribution in [3.63, 3.8) is 0 Å². The average Bonchev–Trinajstić information content (AvgIpc) is 2.85. The van der Waals surface area contributed by atoms with Gasteiger partial charge in [0.2, 0.25) is 5.91 Å². The summed E-state index contributed by atoms with van der Waals surface area (Å²) >= 11 is 1.59. The second-order valence-corrected chi connectivity index (χ2v) is 5.66. The first-order chi connectivity index (χ1) is 9.58. The van der Waals surface area contributed by atoms with Crippen LogP contribution in [0.1, 0.15) is 35.7 Å². The van der Waals surface area contributed by atoms with Crippen LogP contribution in [0, 0.1) is 6.92 Å². The Morgan fingerprint density at radius 1 is 1.32 bits per heavy atom. The van der Waals surface area contributed by atoms with E-state index in [1.807, 2.05) is 43.5 Å². The highest BCUT2D eigenvalue weighted by Crippen LogP contribution is 2.20. The van der Waals surface area contributed by atoms with Gasteiger partial charge < -0.3 is 11.1 Å². The van der Waals surface area contributed by atoms with Crippen molar-refractivity contribution in [1.82, 2.24) is 10.3 Å². The van der Waals surface area contributed by atoms with E-state index in [-0.39, 0.29) is 36.8 Å². The third-order valence-corrected chi connectivity index (χ3v) is 4.10. The van der Waals surface area contributed by atoms with Crippen molar-refractivity contribution in [1.29, 1.82) is 0 Å². The Kier molecular flexibility index (Phi) is 9.09. The zero-order valence-electron chi connectivity index (χ0n) is 12.5. The van der Waals surface area contributed by atoms with E-state index in [1.54, 1.807) is 11.3 Å². The van der Waals surface area contributed by atoms with Crippen LogP contribution in [0.25, 0.3) is 0 Å². The largest absolute Gasteiger partial charge is 0.399 e. The fourth-order valence-electron chi connectivity index (χ4n) is 1.94. The van der Waals surface area contributed by atoms with E-state index in [4.69, 9.17) is 5.73 Å². The molecule has 3 N–H and O–H groups in total. The molecule has 122 valence electrons. The summed E-state index contributed by atoms with van der Waals surface area (Å²) in [5.74, 6) is 0.00877. The van der Waals surface area contributed by atoms with E-state index in [0.29, 0.717) is 12.1 Å². The van der Waals surface area contributed by atoms with Crippen molar-refractivity contribution in [2.45, 2.75) is 32.7 Å². The summed E-state index contributed by atoms with van der Waals surface area (Å²) in [7, 11) is 0. The van der Waals surface area contributed by atoms with Crippen LogP contribution in [0.2, 0.25) is 0 Å². The van der Waals surface area contributed by atoms with Gasteiger partial charge in [-0.3, -0.25) is 4.79 Å². The molecule has 0 spiro atoms. The first-order valence-electron chi connectivity index (χ1n) is 6.64. The number of aryl methyl sites for hydroxylation is 1. The van der Waals surface area contributed by atoms with Crippen molar-refractivity contribution in [2.75, 3.05) is 5.73 Å². The number of hydrogen-bond acceptors (Lipinski definition) is 4. The molecule has 7 heteroatoms. The van der Waals surface area contributed by atoms with E-state index < -0.39 is 0 Å². The molecule has 0 aliphatic heterocycles. The van der Waals surface area contributed by atoms with E-state index in [0.717, 1.165) is 22.7 Å². The topological polar surface area (TPSA) is 68.0 Å². The number of rotatable bonds is 5. The van der Waals surface area contributed by atoms with Gasteiger partial charge >= 0.3 is 0 Å². The predicted molar refractivity (Wildman–Crippen MR) is 97.1 cm³/mol. The Labute approximate surface area is 147 Å². The van der Waals surface area contributed by atoms with Gasteiger partial charge in [-0.2, -0.15) is 0 Å². The van der Waals surface area contributed by atoms with E-state index >= 15 is 0 Å². The number of carbonyl (C=O) groups excluding carboxylic acids is 1. The number of amides is 1. The van der Waals surface area contributed by atoms with Crippen LogP contribution in [0.15, 0.2) is 29.6 Å². The second-order valence-electron chi connectivity index (χ2n) is 4.77. The van der Waals surface area contributed by atoms with Gasteiger partial charge in [0, 0.05) is 16.8 Å². The summed E-state index contributed by atoms with van der Waals surface area (Å²) in [6.45, 7) is 4.01. The number of thiazole rings is 1. The smallest absolute Gasteiger partial charge is 0.224 e. The first kappa shape index (κ1) is 20.7. The van der Waals surface area contributed by atoms with Gasteiger partial charge in [0.25, 0.3) is 0 Å². The molecule has 0 saturated heterocycles. The maximum absolute atomic E-state index is 12.1. The third kappa shape index (κ3) is 5.83. The molecule has 2 aromatic rings. The fraction of sp³-hybridized carbons (Fsp3) is 0.333. The lowest BCUT2D eigenvalue weighted by molar-refractivity contribution is -0.121. The minimum atomic E-state index is -0.00465. The summed E-state index contributed by atoms with van der Waals surface area (Å²) in [6, 6.07) is 7.37. The molecule has 1 aromatic heterocycles. The number of carbonyl (C=O) groups is 1. The molecule has 2 rings (SSSR count). The van der Waals surface area contributed by atoms with Crippen molar-refractivity contribution in [2.24, 2.45) is 0 Å². The molecule has 1 atom stereocenters. The summed E-state index contributed by atoms with van der Waals surface area (Å²) < 4.78 is 0. The lowest BCUT2D eigenvalue weighted by atomic mass is 10.1. The Morgan fingerprint density at radius 2 is 1.95 bits per heavy atom. The molecule has 22 heavy (non-hydrogen) atoms. The van der Waals surface area contributed by atoms with Crippen LogP contribution >= 0.6 is 36.2 Å². The van der Waals surface area contributed by atoms with E-state index in [1.165, 1.54) is 0 Å². The molecule has 1 heterocycles. The summed E-state index contributed by atoms with van der Waals surface area (Å²) in [6.07, 6.45) is 1.20. The highest BCUT2D eigenvalue weighted by Gasteiger charge is 2.15. The van der Waals surface area contributed by atoms with Crippen LogP contribution in [0.3, 0.4) is 0 Å². The number of nitrogens with zero attached hydrogens (tertiary/aromatic N) is 1. The van der Waals surface area contributed by atoms with Crippen molar-refractivity contribution >= 4 is 47.7 Å². The van der Waals surface area contributed by atoms with Crippen LogP contribution < -0.4 is 11.1 Å². The van der Waals surface area contributed by atoms with Crippen molar-refractivity contribution in [3.05, 3.63) is 45.9 Å². The Hall–Kier alpha value is -1.30. The SMILES string of the molecule is CCC(NC(=O)Cc1ccc(N)cc1)c1nc(C)cs1.Cl.Cl. The third-order valence-electron chi connectivity index (χ3n) is 3.02. The Bertz CT molecular complexity index is 587. The number of halogens is 2. The molecule has 0 radical (unpaired) electrons. The van der Waals surface area contributed by atoms with Gasteiger partial charge in [0.05, 0.1) is 12.5 Å². The number of hydrogen-bond donors (Lipinski definition) is 2. The number of nitrogens with one attached hydrogen (secondary N) is 1. The monoisotopic (exact) mass is 361 g/mol. The summed E-state index contributed by atoms with van der Waals surface area (Å²) in [5, 5.41) is 6.01. The first-order valence-corrected chi connectivity index (χ1v) is 7.52. The Balaban J connectivity index is 0.00000220. The van der Waals surface area contributed by atoms with Crippen molar-refractivity contribution in [3.8, 4) is 0 Å². The zero-order chi connectivity index (χ0) is 14.5. The number of benzene rings is 1. The molecular weight excluding hydrogens is 341 g/mol. The molecule has 1 unspecified atom stereocenters. The lowest BCUT2D eigenvalue weighted by Crippen LogP contribution is -2.29. The highest BCUT2D eigenvalue weighted by molar-refractivity contribution is 7.09.